The summed E-state index contributed by atoms with van der Waals surface area (Å²) in [5, 5.41) is 1.42. The Bertz CT molecular complexity index is 584. The van der Waals surface area contributed by atoms with Crippen LogP contribution in [0.2, 0.25) is 10.0 Å². The Labute approximate surface area is 135 Å². The number of hydrogen-bond donors (Lipinski definition) is 1. The standard InChI is InChI=1S/C17H19Cl2NO/c1-2-16(20)10-13-9-15(19)7-8-17(13)21-11-12-3-5-14(18)6-4-12/h3-9,16H,2,10-11,20H2,1H3. The minimum atomic E-state index is 0.112. The second-order valence-electron chi connectivity index (χ2n) is 5.04. The number of nitrogens with two attached hydrogens (primary N) is 1. The van der Waals surface area contributed by atoms with Gasteiger partial charge in [-0.2, -0.15) is 0 Å². The molecule has 0 fully saturated rings. The van der Waals surface area contributed by atoms with E-state index in [1.807, 2.05) is 42.5 Å². The van der Waals surface area contributed by atoms with Gasteiger partial charge in [0.2, 0.25) is 0 Å². The lowest BCUT2D eigenvalue weighted by molar-refractivity contribution is 0.302. The Balaban J connectivity index is 2.09. The van der Waals surface area contributed by atoms with E-state index in [2.05, 4.69) is 6.92 Å². The van der Waals surface area contributed by atoms with Crippen molar-refractivity contribution >= 4 is 23.2 Å². The van der Waals surface area contributed by atoms with Gasteiger partial charge in [-0.05, 0) is 54.3 Å². The summed E-state index contributed by atoms with van der Waals surface area (Å²) in [6.45, 7) is 2.57. The third kappa shape index (κ3) is 4.92. The highest BCUT2D eigenvalue weighted by Crippen LogP contribution is 2.25. The highest BCUT2D eigenvalue weighted by molar-refractivity contribution is 6.30. The van der Waals surface area contributed by atoms with Gasteiger partial charge in [-0.1, -0.05) is 42.3 Å². The summed E-state index contributed by atoms with van der Waals surface area (Å²) >= 11 is 11.9. The molecular weight excluding hydrogens is 305 g/mol. The average molecular weight is 324 g/mol. The van der Waals surface area contributed by atoms with Gasteiger partial charge in [-0.15, -0.1) is 0 Å². The molecule has 0 bridgehead atoms. The summed E-state index contributed by atoms with van der Waals surface area (Å²) in [4.78, 5) is 0. The van der Waals surface area contributed by atoms with Crippen molar-refractivity contribution in [1.82, 2.24) is 0 Å². The van der Waals surface area contributed by atoms with E-state index in [1.54, 1.807) is 0 Å². The van der Waals surface area contributed by atoms with Crippen molar-refractivity contribution in [1.29, 1.82) is 0 Å². The first-order chi connectivity index (χ1) is 10.1. The van der Waals surface area contributed by atoms with Gasteiger partial charge in [-0.25, -0.2) is 0 Å². The van der Waals surface area contributed by atoms with Crippen LogP contribution in [0.15, 0.2) is 42.5 Å². The number of halogens is 2. The molecule has 1 atom stereocenters. The van der Waals surface area contributed by atoms with Crippen molar-refractivity contribution in [3.05, 3.63) is 63.6 Å². The monoisotopic (exact) mass is 323 g/mol. The van der Waals surface area contributed by atoms with E-state index in [9.17, 15) is 0 Å². The van der Waals surface area contributed by atoms with Crippen LogP contribution in [0, 0.1) is 0 Å². The van der Waals surface area contributed by atoms with Crippen LogP contribution in [-0.2, 0) is 13.0 Å². The quantitative estimate of drug-likeness (QED) is 0.824. The molecule has 112 valence electrons. The molecule has 4 heteroatoms. The van der Waals surface area contributed by atoms with Crippen molar-refractivity contribution < 1.29 is 4.74 Å². The fourth-order valence-electron chi connectivity index (χ4n) is 2.02. The predicted molar refractivity (Wildman–Crippen MR) is 89.2 cm³/mol. The fraction of sp³-hybridized carbons (Fsp3) is 0.294. The van der Waals surface area contributed by atoms with Gasteiger partial charge >= 0.3 is 0 Å². The largest absolute Gasteiger partial charge is 0.489 e. The molecule has 0 aliphatic carbocycles. The van der Waals surface area contributed by atoms with Gasteiger partial charge in [0.05, 0.1) is 0 Å². The highest BCUT2D eigenvalue weighted by atomic mass is 35.5. The summed E-state index contributed by atoms with van der Waals surface area (Å²) in [6, 6.07) is 13.4. The lowest BCUT2D eigenvalue weighted by Crippen LogP contribution is -2.21. The Morgan fingerprint density at radius 3 is 2.38 bits per heavy atom. The number of benzene rings is 2. The van der Waals surface area contributed by atoms with Crippen molar-refractivity contribution in [3.63, 3.8) is 0 Å². The molecule has 0 aromatic heterocycles. The first kappa shape index (κ1) is 16.2. The molecule has 2 nitrogen and oxygen atoms in total. The third-order valence-corrected chi connectivity index (χ3v) is 3.82. The van der Waals surface area contributed by atoms with Crippen molar-refractivity contribution in [3.8, 4) is 5.75 Å². The lowest BCUT2D eigenvalue weighted by Gasteiger charge is -2.15. The van der Waals surface area contributed by atoms with Crippen molar-refractivity contribution in [2.24, 2.45) is 5.73 Å². The third-order valence-electron chi connectivity index (χ3n) is 3.34. The summed E-state index contributed by atoms with van der Waals surface area (Å²) < 4.78 is 5.91. The molecule has 2 aromatic rings. The zero-order valence-electron chi connectivity index (χ0n) is 12.0. The molecule has 0 spiro atoms. The molecule has 0 amide bonds. The summed E-state index contributed by atoms with van der Waals surface area (Å²) in [6.07, 6.45) is 1.68. The van der Waals surface area contributed by atoms with E-state index in [4.69, 9.17) is 33.7 Å². The smallest absolute Gasteiger partial charge is 0.123 e. The van der Waals surface area contributed by atoms with E-state index in [0.29, 0.717) is 11.6 Å². The maximum atomic E-state index is 6.07. The molecule has 0 aliphatic heterocycles. The predicted octanol–water partition coefficient (Wildman–Crippen LogP) is 4.85. The zero-order chi connectivity index (χ0) is 15.2. The van der Waals surface area contributed by atoms with Gasteiger partial charge < -0.3 is 10.5 Å². The minimum Gasteiger partial charge on any atom is -0.489 e. The van der Waals surface area contributed by atoms with Crippen molar-refractivity contribution in [2.75, 3.05) is 0 Å². The van der Waals surface area contributed by atoms with Crippen LogP contribution in [-0.4, -0.2) is 6.04 Å². The maximum Gasteiger partial charge on any atom is 0.123 e. The molecule has 2 N–H and O–H groups in total. The van der Waals surface area contributed by atoms with Crippen LogP contribution >= 0.6 is 23.2 Å². The van der Waals surface area contributed by atoms with Crippen LogP contribution in [0.5, 0.6) is 5.75 Å². The normalized spacial score (nSPS) is 12.2. The Morgan fingerprint density at radius 2 is 1.71 bits per heavy atom. The SMILES string of the molecule is CCC(N)Cc1cc(Cl)ccc1OCc1ccc(Cl)cc1. The number of ether oxygens (including phenoxy) is 1. The maximum absolute atomic E-state index is 6.07. The van der Waals surface area contributed by atoms with E-state index >= 15 is 0 Å². The lowest BCUT2D eigenvalue weighted by atomic mass is 10.0. The second-order valence-corrected chi connectivity index (χ2v) is 5.91. The van der Waals surface area contributed by atoms with E-state index in [0.717, 1.165) is 34.7 Å². The van der Waals surface area contributed by atoms with Gasteiger partial charge in [0.1, 0.15) is 12.4 Å². The van der Waals surface area contributed by atoms with Gasteiger partial charge in [0.25, 0.3) is 0 Å². The van der Waals surface area contributed by atoms with Gasteiger partial charge in [-0.3, -0.25) is 0 Å². The van der Waals surface area contributed by atoms with Crippen LogP contribution < -0.4 is 10.5 Å². The van der Waals surface area contributed by atoms with Crippen LogP contribution in [0.3, 0.4) is 0 Å². The zero-order valence-corrected chi connectivity index (χ0v) is 13.5. The Morgan fingerprint density at radius 1 is 1.05 bits per heavy atom. The summed E-state index contributed by atoms with van der Waals surface area (Å²) in [5.41, 5.74) is 8.15. The average Bonchev–Trinajstić information content (AvgIpc) is 2.48. The molecule has 0 saturated heterocycles. The first-order valence-corrected chi connectivity index (χ1v) is 7.75. The molecule has 1 unspecified atom stereocenters. The van der Waals surface area contributed by atoms with E-state index < -0.39 is 0 Å². The highest BCUT2D eigenvalue weighted by Gasteiger charge is 2.09. The Kier molecular flexibility index (Phi) is 5.92. The summed E-state index contributed by atoms with van der Waals surface area (Å²) in [5.74, 6) is 0.832. The van der Waals surface area contributed by atoms with Crippen molar-refractivity contribution in [2.45, 2.75) is 32.4 Å². The molecule has 2 aromatic carbocycles. The Hall–Kier alpha value is -1.22. The van der Waals surface area contributed by atoms with E-state index in [-0.39, 0.29) is 6.04 Å². The molecule has 0 heterocycles. The minimum absolute atomic E-state index is 0.112. The van der Waals surface area contributed by atoms with Gasteiger partial charge in [0.15, 0.2) is 0 Å². The summed E-state index contributed by atoms with van der Waals surface area (Å²) in [7, 11) is 0. The van der Waals surface area contributed by atoms with Crippen LogP contribution in [0.1, 0.15) is 24.5 Å². The first-order valence-electron chi connectivity index (χ1n) is 6.99. The molecule has 0 saturated carbocycles. The number of rotatable bonds is 6. The topological polar surface area (TPSA) is 35.2 Å². The number of hydrogen-bond acceptors (Lipinski definition) is 2. The van der Waals surface area contributed by atoms with Gasteiger partial charge in [0, 0.05) is 16.1 Å². The second kappa shape index (κ2) is 7.69. The molecule has 0 aliphatic rings. The fourth-order valence-corrected chi connectivity index (χ4v) is 2.34. The molecule has 0 radical (unpaired) electrons. The molecule has 2 rings (SSSR count). The molecular formula is C17H19Cl2NO. The van der Waals surface area contributed by atoms with E-state index in [1.165, 1.54) is 0 Å². The van der Waals surface area contributed by atoms with Crippen LogP contribution in [0.25, 0.3) is 0 Å². The molecule has 21 heavy (non-hydrogen) atoms. The van der Waals surface area contributed by atoms with Crippen LogP contribution in [0.4, 0.5) is 0 Å².